The third-order valence-corrected chi connectivity index (χ3v) is 3.72. The summed E-state index contributed by atoms with van der Waals surface area (Å²) >= 11 is 0. The van der Waals surface area contributed by atoms with Crippen molar-refractivity contribution in [2.45, 2.75) is 19.6 Å². The molecule has 1 unspecified atom stereocenters. The topological polar surface area (TPSA) is 38.0 Å². The van der Waals surface area contributed by atoms with Gasteiger partial charge in [-0.25, -0.2) is 9.37 Å². The first-order valence-electron chi connectivity index (χ1n) is 7.14. The molecule has 0 aliphatic rings. The van der Waals surface area contributed by atoms with E-state index in [1.54, 1.807) is 37.8 Å². The number of hydrogen-bond donors (Lipinski definition) is 1. The zero-order valence-corrected chi connectivity index (χ0v) is 12.3. The Morgan fingerprint density at radius 1 is 1.23 bits per heavy atom. The number of nitrogens with zero attached hydrogens (tertiary/aromatic N) is 2. The van der Waals surface area contributed by atoms with E-state index in [1.165, 1.54) is 0 Å². The third-order valence-electron chi connectivity index (χ3n) is 3.72. The van der Waals surface area contributed by atoms with E-state index in [9.17, 15) is 9.50 Å². The summed E-state index contributed by atoms with van der Waals surface area (Å²) in [6, 6.07) is 12.7. The number of hydrogen-bond acceptors (Lipinski definition) is 2. The highest BCUT2D eigenvalue weighted by molar-refractivity contribution is 5.65. The maximum Gasteiger partial charge on any atom is 0.133 e. The molecule has 0 radical (unpaired) electrons. The van der Waals surface area contributed by atoms with Gasteiger partial charge in [0.15, 0.2) is 0 Å². The fourth-order valence-corrected chi connectivity index (χ4v) is 2.48. The standard InChI is InChI=1S/C18H17FN2O/c1-13-4-2-7-16(18(13)19)14-5-3-6-15(10-14)17(22)11-21-9-8-20-12-21/h2-10,12,17,22H,11H2,1H3. The number of aryl methyl sites for hydroxylation is 1. The van der Waals surface area contributed by atoms with Gasteiger partial charge in [-0.3, -0.25) is 0 Å². The monoisotopic (exact) mass is 296 g/mol. The molecule has 0 fully saturated rings. The predicted octanol–water partition coefficient (Wildman–Crippen LogP) is 3.73. The zero-order valence-electron chi connectivity index (χ0n) is 12.3. The smallest absolute Gasteiger partial charge is 0.133 e. The summed E-state index contributed by atoms with van der Waals surface area (Å²) < 4.78 is 16.1. The highest BCUT2D eigenvalue weighted by atomic mass is 19.1. The molecular weight excluding hydrogens is 279 g/mol. The van der Waals surface area contributed by atoms with Crippen LogP contribution in [0.25, 0.3) is 11.1 Å². The van der Waals surface area contributed by atoms with Crippen LogP contribution in [0.5, 0.6) is 0 Å². The molecule has 112 valence electrons. The van der Waals surface area contributed by atoms with Crippen molar-refractivity contribution in [2.24, 2.45) is 0 Å². The van der Waals surface area contributed by atoms with E-state index in [-0.39, 0.29) is 5.82 Å². The minimum Gasteiger partial charge on any atom is -0.387 e. The SMILES string of the molecule is Cc1cccc(-c2cccc(C(O)Cn3ccnc3)c2)c1F. The number of aromatic nitrogens is 2. The molecule has 3 aromatic rings. The Hall–Kier alpha value is -2.46. The number of halogens is 1. The lowest BCUT2D eigenvalue weighted by atomic mass is 9.99. The Morgan fingerprint density at radius 3 is 2.82 bits per heavy atom. The van der Waals surface area contributed by atoms with Gasteiger partial charge in [-0.2, -0.15) is 0 Å². The molecule has 0 saturated heterocycles. The molecule has 1 aromatic heterocycles. The molecule has 3 nitrogen and oxygen atoms in total. The van der Waals surface area contributed by atoms with Gasteiger partial charge in [0.1, 0.15) is 5.82 Å². The lowest BCUT2D eigenvalue weighted by Crippen LogP contribution is -2.07. The Labute approximate surface area is 128 Å². The van der Waals surface area contributed by atoms with Crippen LogP contribution in [0, 0.1) is 12.7 Å². The van der Waals surface area contributed by atoms with Gasteiger partial charge in [0, 0.05) is 18.0 Å². The number of aliphatic hydroxyl groups is 1. The first kappa shape index (κ1) is 14.5. The molecule has 1 atom stereocenters. The Balaban J connectivity index is 1.91. The van der Waals surface area contributed by atoms with E-state index in [2.05, 4.69) is 4.98 Å². The fraction of sp³-hybridized carbons (Fsp3) is 0.167. The number of imidazole rings is 1. The van der Waals surface area contributed by atoms with Gasteiger partial charge in [0.25, 0.3) is 0 Å². The van der Waals surface area contributed by atoms with Gasteiger partial charge in [-0.15, -0.1) is 0 Å². The van der Waals surface area contributed by atoms with Crippen molar-refractivity contribution >= 4 is 0 Å². The molecule has 22 heavy (non-hydrogen) atoms. The van der Waals surface area contributed by atoms with Gasteiger partial charge in [0.2, 0.25) is 0 Å². The highest BCUT2D eigenvalue weighted by Crippen LogP contribution is 2.27. The van der Waals surface area contributed by atoms with Crippen LogP contribution >= 0.6 is 0 Å². The molecule has 0 aliphatic heterocycles. The lowest BCUT2D eigenvalue weighted by Gasteiger charge is -2.13. The molecule has 0 spiro atoms. The summed E-state index contributed by atoms with van der Waals surface area (Å²) in [5.41, 5.74) is 2.69. The van der Waals surface area contributed by atoms with Gasteiger partial charge >= 0.3 is 0 Å². The summed E-state index contributed by atoms with van der Waals surface area (Å²) in [7, 11) is 0. The molecule has 4 heteroatoms. The summed E-state index contributed by atoms with van der Waals surface area (Å²) in [5, 5.41) is 10.3. The van der Waals surface area contributed by atoms with Crippen LogP contribution in [0.2, 0.25) is 0 Å². The lowest BCUT2D eigenvalue weighted by molar-refractivity contribution is 0.156. The molecule has 0 aliphatic carbocycles. The van der Waals surface area contributed by atoms with Crippen molar-refractivity contribution in [3.05, 3.63) is 78.1 Å². The molecule has 0 amide bonds. The van der Waals surface area contributed by atoms with Crippen LogP contribution in [0.4, 0.5) is 4.39 Å². The van der Waals surface area contributed by atoms with Crippen molar-refractivity contribution in [2.75, 3.05) is 0 Å². The van der Waals surface area contributed by atoms with E-state index in [0.717, 1.165) is 11.1 Å². The quantitative estimate of drug-likeness (QED) is 0.796. The minimum absolute atomic E-state index is 0.219. The largest absolute Gasteiger partial charge is 0.387 e. The first-order valence-corrected chi connectivity index (χ1v) is 7.14. The second-order valence-corrected chi connectivity index (χ2v) is 5.34. The van der Waals surface area contributed by atoms with Crippen LogP contribution in [-0.4, -0.2) is 14.7 Å². The van der Waals surface area contributed by atoms with Crippen LogP contribution < -0.4 is 0 Å². The van der Waals surface area contributed by atoms with Crippen LogP contribution in [0.3, 0.4) is 0 Å². The van der Waals surface area contributed by atoms with E-state index in [1.807, 2.05) is 34.9 Å². The van der Waals surface area contributed by atoms with Crippen molar-refractivity contribution in [1.29, 1.82) is 0 Å². The van der Waals surface area contributed by atoms with Crippen molar-refractivity contribution in [1.82, 2.24) is 9.55 Å². The van der Waals surface area contributed by atoms with E-state index < -0.39 is 6.10 Å². The van der Waals surface area contributed by atoms with Gasteiger partial charge in [-0.05, 0) is 29.7 Å². The normalized spacial score (nSPS) is 12.3. The molecular formula is C18H17FN2O. The molecule has 3 rings (SSSR count). The first-order chi connectivity index (χ1) is 10.6. The van der Waals surface area contributed by atoms with Crippen LogP contribution in [0.15, 0.2) is 61.2 Å². The van der Waals surface area contributed by atoms with Gasteiger partial charge in [-0.1, -0.05) is 36.4 Å². The van der Waals surface area contributed by atoms with E-state index in [4.69, 9.17) is 0 Å². The molecule has 2 aromatic carbocycles. The predicted molar refractivity (Wildman–Crippen MR) is 83.8 cm³/mol. The van der Waals surface area contributed by atoms with Gasteiger partial charge < -0.3 is 9.67 Å². The molecule has 0 bridgehead atoms. The Bertz CT molecular complexity index is 769. The maximum atomic E-state index is 14.3. The highest BCUT2D eigenvalue weighted by Gasteiger charge is 2.12. The second kappa shape index (κ2) is 6.12. The van der Waals surface area contributed by atoms with Crippen molar-refractivity contribution < 1.29 is 9.50 Å². The van der Waals surface area contributed by atoms with E-state index >= 15 is 0 Å². The van der Waals surface area contributed by atoms with Crippen molar-refractivity contribution in [3.63, 3.8) is 0 Å². The number of aliphatic hydroxyl groups excluding tert-OH is 1. The summed E-state index contributed by atoms with van der Waals surface area (Å²) in [6.45, 7) is 2.16. The molecule has 0 saturated carbocycles. The molecule has 1 heterocycles. The zero-order chi connectivity index (χ0) is 15.5. The fourth-order valence-electron chi connectivity index (χ4n) is 2.48. The van der Waals surface area contributed by atoms with Crippen LogP contribution in [0.1, 0.15) is 17.2 Å². The average Bonchev–Trinajstić information content (AvgIpc) is 3.03. The third kappa shape index (κ3) is 2.92. The Kier molecular flexibility index (Phi) is 4.02. The Morgan fingerprint density at radius 2 is 2.05 bits per heavy atom. The van der Waals surface area contributed by atoms with Crippen LogP contribution in [-0.2, 0) is 6.54 Å². The number of rotatable bonds is 4. The summed E-state index contributed by atoms with van der Waals surface area (Å²) in [5.74, 6) is -0.219. The second-order valence-electron chi connectivity index (χ2n) is 5.34. The average molecular weight is 296 g/mol. The number of benzene rings is 2. The maximum absolute atomic E-state index is 14.3. The minimum atomic E-state index is -0.665. The van der Waals surface area contributed by atoms with E-state index in [0.29, 0.717) is 17.7 Å². The van der Waals surface area contributed by atoms with Gasteiger partial charge in [0.05, 0.1) is 19.0 Å². The molecule has 1 N–H and O–H groups in total. The summed E-state index contributed by atoms with van der Waals surface area (Å²) in [6.07, 6.45) is 4.47. The summed E-state index contributed by atoms with van der Waals surface area (Å²) in [4.78, 5) is 3.96. The van der Waals surface area contributed by atoms with Crippen molar-refractivity contribution in [3.8, 4) is 11.1 Å².